The summed E-state index contributed by atoms with van der Waals surface area (Å²) in [4.78, 5) is 30.6. The molecule has 0 radical (unpaired) electrons. The van der Waals surface area contributed by atoms with Gasteiger partial charge in [-0.3, -0.25) is 18.8 Å². The molecular formula is C30H33N5O4S2. The number of rotatable bonds is 8. The van der Waals surface area contributed by atoms with Gasteiger partial charge < -0.3 is 5.32 Å². The van der Waals surface area contributed by atoms with Crippen molar-refractivity contribution in [3.05, 3.63) is 93.6 Å². The van der Waals surface area contributed by atoms with Gasteiger partial charge in [-0.2, -0.15) is 5.10 Å². The average molecular weight is 592 g/mol. The minimum absolute atomic E-state index is 0.0726. The second-order valence-electron chi connectivity index (χ2n) is 10.2. The van der Waals surface area contributed by atoms with E-state index < -0.39 is 15.9 Å². The minimum Gasteiger partial charge on any atom is -0.313 e. The van der Waals surface area contributed by atoms with Gasteiger partial charge in [0, 0.05) is 36.3 Å². The van der Waals surface area contributed by atoms with Crippen molar-refractivity contribution < 1.29 is 18.0 Å². The maximum Gasteiger partial charge on any atom is 0.281 e. The van der Waals surface area contributed by atoms with Crippen molar-refractivity contribution in [1.82, 2.24) is 14.7 Å². The van der Waals surface area contributed by atoms with Crippen LogP contribution in [0.15, 0.2) is 65.6 Å². The number of amides is 1. The smallest absolute Gasteiger partial charge is 0.281 e. The van der Waals surface area contributed by atoms with Gasteiger partial charge >= 0.3 is 0 Å². The van der Waals surface area contributed by atoms with Gasteiger partial charge in [-0.1, -0.05) is 25.1 Å². The highest BCUT2D eigenvalue weighted by atomic mass is 32.2. The van der Waals surface area contributed by atoms with Crippen LogP contribution in [0.4, 0.5) is 10.7 Å². The maximum absolute atomic E-state index is 13.8. The summed E-state index contributed by atoms with van der Waals surface area (Å²) in [6.45, 7) is 8.35. The van der Waals surface area contributed by atoms with E-state index in [0.717, 1.165) is 47.9 Å². The molecule has 1 aliphatic heterocycles. The molecule has 0 unspecified atom stereocenters. The van der Waals surface area contributed by atoms with Crippen LogP contribution in [0, 0.1) is 13.8 Å². The highest BCUT2D eigenvalue weighted by molar-refractivity contribution is 7.92. The van der Waals surface area contributed by atoms with Crippen molar-refractivity contribution in [2.24, 2.45) is 0 Å². The first-order chi connectivity index (χ1) is 19.6. The first-order valence-corrected chi connectivity index (χ1v) is 15.8. The highest BCUT2D eigenvalue weighted by Gasteiger charge is 2.30. The Morgan fingerprint density at radius 1 is 1.07 bits per heavy atom. The van der Waals surface area contributed by atoms with Crippen LogP contribution in [-0.4, -0.2) is 55.0 Å². The van der Waals surface area contributed by atoms with Crippen molar-refractivity contribution in [3.8, 4) is 0 Å². The number of thiophene rings is 1. The predicted molar refractivity (Wildman–Crippen MR) is 161 cm³/mol. The number of carbonyl (C=O) groups is 2. The summed E-state index contributed by atoms with van der Waals surface area (Å²) >= 11 is 1.42. The molecule has 1 aliphatic rings. The van der Waals surface area contributed by atoms with E-state index in [1.165, 1.54) is 51.6 Å². The lowest BCUT2D eigenvalue weighted by molar-refractivity contribution is 0.0942. The number of aromatic nitrogens is 2. The largest absolute Gasteiger partial charge is 0.313 e. The first kappa shape index (κ1) is 28.7. The number of nitrogens with one attached hydrogen (secondary N) is 1. The molecule has 9 nitrogen and oxygen atoms in total. The van der Waals surface area contributed by atoms with E-state index >= 15 is 0 Å². The third-order valence-corrected chi connectivity index (χ3v) is 10.1. The molecule has 2 aromatic heterocycles. The monoisotopic (exact) mass is 591 g/mol. The van der Waals surface area contributed by atoms with Crippen molar-refractivity contribution in [2.75, 3.05) is 29.8 Å². The van der Waals surface area contributed by atoms with Crippen LogP contribution in [0.25, 0.3) is 0 Å². The number of sulfonamides is 1. The van der Waals surface area contributed by atoms with Gasteiger partial charge in [-0.05, 0) is 81.3 Å². The lowest BCUT2D eigenvalue weighted by Gasteiger charge is -2.26. The van der Waals surface area contributed by atoms with Crippen molar-refractivity contribution >= 4 is 43.9 Å². The second kappa shape index (κ2) is 11.6. The molecule has 214 valence electrons. The minimum atomic E-state index is -3.81. The molecule has 0 bridgehead atoms. The standard InChI is InChI=1S/C30H33N5O4S2/c1-5-16-34-17-15-25-26(19-34)40-29(27(25)30(37)35-21(3)18-20(2)32-35)31-28(36)22-11-13-24(14-12-22)41(38,39)33(4)23-9-7-6-8-10-23/h6-14,18H,5,15-17,19H2,1-4H3,(H,31,36). The molecule has 0 aliphatic carbocycles. The van der Waals surface area contributed by atoms with Crippen LogP contribution in [-0.2, 0) is 23.0 Å². The predicted octanol–water partition coefficient (Wildman–Crippen LogP) is 5.10. The Hall–Kier alpha value is -3.80. The number of hydrogen-bond donors (Lipinski definition) is 1. The van der Waals surface area contributed by atoms with E-state index in [-0.39, 0.29) is 16.4 Å². The molecule has 0 saturated heterocycles. The normalized spacial score (nSPS) is 13.6. The summed E-state index contributed by atoms with van der Waals surface area (Å²) in [5.74, 6) is -0.686. The SMILES string of the molecule is CCCN1CCc2c(sc(NC(=O)c3ccc(S(=O)(=O)N(C)c4ccccc4)cc3)c2C(=O)n2nc(C)cc2C)C1. The second-order valence-corrected chi connectivity index (χ2v) is 13.2. The number of para-hydroxylation sites is 1. The number of aryl methyl sites for hydroxylation is 2. The van der Waals surface area contributed by atoms with Crippen molar-refractivity contribution in [2.45, 2.75) is 45.1 Å². The fourth-order valence-corrected chi connectivity index (χ4v) is 7.58. The lowest BCUT2D eigenvalue weighted by Crippen LogP contribution is -2.31. The highest BCUT2D eigenvalue weighted by Crippen LogP contribution is 2.38. The van der Waals surface area contributed by atoms with Gasteiger partial charge in [0.15, 0.2) is 0 Å². The molecule has 2 aromatic carbocycles. The van der Waals surface area contributed by atoms with E-state index in [9.17, 15) is 18.0 Å². The van der Waals surface area contributed by atoms with E-state index in [1.807, 2.05) is 26.0 Å². The van der Waals surface area contributed by atoms with Crippen LogP contribution in [0.3, 0.4) is 0 Å². The zero-order chi connectivity index (χ0) is 29.3. The summed E-state index contributed by atoms with van der Waals surface area (Å²) in [5, 5.41) is 7.83. The van der Waals surface area contributed by atoms with Crippen LogP contribution in [0.2, 0.25) is 0 Å². The zero-order valence-electron chi connectivity index (χ0n) is 23.5. The molecule has 0 atom stereocenters. The Balaban J connectivity index is 1.43. The number of fused-ring (bicyclic) bond motifs is 1. The summed E-state index contributed by atoms with van der Waals surface area (Å²) in [6.07, 6.45) is 1.75. The van der Waals surface area contributed by atoms with Crippen LogP contribution in [0.1, 0.15) is 55.9 Å². The molecule has 0 saturated carbocycles. The summed E-state index contributed by atoms with van der Waals surface area (Å²) in [5.41, 5.74) is 3.73. The molecule has 0 spiro atoms. The summed E-state index contributed by atoms with van der Waals surface area (Å²) in [7, 11) is -2.32. The Morgan fingerprint density at radius 2 is 1.78 bits per heavy atom. The van der Waals surface area contributed by atoms with Gasteiger partial charge in [-0.25, -0.2) is 13.1 Å². The summed E-state index contributed by atoms with van der Waals surface area (Å²) < 4.78 is 28.9. The molecule has 0 fully saturated rings. The number of carbonyl (C=O) groups excluding carboxylic acids is 2. The third-order valence-electron chi connectivity index (χ3n) is 7.21. The van der Waals surface area contributed by atoms with Gasteiger partial charge in [-0.15, -0.1) is 11.3 Å². The Labute approximate surface area is 244 Å². The molecule has 1 amide bonds. The molecule has 4 aromatic rings. The molecule has 41 heavy (non-hydrogen) atoms. The first-order valence-electron chi connectivity index (χ1n) is 13.5. The van der Waals surface area contributed by atoms with E-state index in [0.29, 0.717) is 22.7 Å². The number of benzene rings is 2. The Morgan fingerprint density at radius 3 is 2.41 bits per heavy atom. The van der Waals surface area contributed by atoms with Crippen LogP contribution >= 0.6 is 11.3 Å². The summed E-state index contributed by atoms with van der Waals surface area (Å²) in [6, 6.07) is 16.5. The zero-order valence-corrected chi connectivity index (χ0v) is 25.2. The molecule has 1 N–H and O–H groups in total. The van der Waals surface area contributed by atoms with Gasteiger partial charge in [0.2, 0.25) is 0 Å². The Bertz CT molecular complexity index is 1690. The van der Waals surface area contributed by atoms with Crippen molar-refractivity contribution in [3.63, 3.8) is 0 Å². The average Bonchev–Trinajstić information content (AvgIpc) is 3.50. The lowest BCUT2D eigenvalue weighted by atomic mass is 10.0. The van der Waals surface area contributed by atoms with Gasteiger partial charge in [0.05, 0.1) is 21.8 Å². The van der Waals surface area contributed by atoms with Crippen LogP contribution < -0.4 is 9.62 Å². The van der Waals surface area contributed by atoms with Gasteiger partial charge in [0.25, 0.3) is 21.8 Å². The quantitative estimate of drug-likeness (QED) is 0.306. The van der Waals surface area contributed by atoms with E-state index in [2.05, 4.69) is 22.2 Å². The topological polar surface area (TPSA) is 105 Å². The number of hydrogen-bond acceptors (Lipinski definition) is 7. The van der Waals surface area contributed by atoms with Gasteiger partial charge in [0.1, 0.15) is 5.00 Å². The van der Waals surface area contributed by atoms with E-state index in [1.54, 1.807) is 24.3 Å². The molecular weight excluding hydrogens is 558 g/mol. The fourth-order valence-electron chi connectivity index (χ4n) is 5.11. The molecule has 5 rings (SSSR count). The Kier molecular flexibility index (Phi) is 8.12. The molecule has 3 heterocycles. The van der Waals surface area contributed by atoms with Crippen LogP contribution in [0.5, 0.6) is 0 Å². The van der Waals surface area contributed by atoms with Crippen molar-refractivity contribution in [1.29, 1.82) is 0 Å². The number of nitrogens with zero attached hydrogens (tertiary/aromatic N) is 4. The maximum atomic E-state index is 13.8. The fraction of sp³-hybridized carbons (Fsp3) is 0.300. The van der Waals surface area contributed by atoms with E-state index in [4.69, 9.17) is 0 Å². The molecule has 11 heteroatoms. The number of anilines is 2. The third kappa shape index (κ3) is 5.70.